The van der Waals surface area contributed by atoms with Crippen LogP contribution in [0.1, 0.15) is 69.4 Å². The summed E-state index contributed by atoms with van der Waals surface area (Å²) in [5, 5.41) is 11.0. The summed E-state index contributed by atoms with van der Waals surface area (Å²) in [6.07, 6.45) is 7.69. The summed E-state index contributed by atoms with van der Waals surface area (Å²) in [5.41, 5.74) is 4.78. The van der Waals surface area contributed by atoms with E-state index in [0.717, 1.165) is 53.3 Å². The van der Waals surface area contributed by atoms with Crippen LogP contribution in [0.4, 0.5) is 4.39 Å². The van der Waals surface area contributed by atoms with Crippen molar-refractivity contribution in [3.8, 4) is 0 Å². The van der Waals surface area contributed by atoms with E-state index in [1.165, 1.54) is 24.8 Å². The average molecular weight is 483 g/mol. The minimum atomic E-state index is -0.414. The van der Waals surface area contributed by atoms with Crippen LogP contribution in [-0.2, 0) is 0 Å². The number of aliphatic hydroxyl groups excluding tert-OH is 1. The highest BCUT2D eigenvalue weighted by Gasteiger charge is 2.57. The number of allylic oxidation sites excluding steroid dienone is 3. The first-order valence-corrected chi connectivity index (χ1v) is 12.4. The fraction of sp³-hybridized carbons (Fsp3) is 0.429. The Kier molecular flexibility index (Phi) is 6.83. The van der Waals surface area contributed by atoms with Crippen LogP contribution in [0.5, 0.6) is 0 Å². The summed E-state index contributed by atoms with van der Waals surface area (Å²) in [6.45, 7) is 6.79. The van der Waals surface area contributed by atoms with Gasteiger partial charge in [-0.15, -0.1) is 0 Å². The number of fused-ring (bicyclic) bond motifs is 1. The molecule has 164 valence electrons. The van der Waals surface area contributed by atoms with E-state index >= 15 is 4.39 Å². The molecule has 0 radical (unpaired) electrons. The summed E-state index contributed by atoms with van der Waals surface area (Å²) in [5.74, 6) is -0.124. The van der Waals surface area contributed by atoms with Gasteiger partial charge in [-0.05, 0) is 67.0 Å². The van der Waals surface area contributed by atoms with Gasteiger partial charge in [0.25, 0.3) is 0 Å². The second-order valence-corrected chi connectivity index (χ2v) is 10.1. The van der Waals surface area contributed by atoms with Crippen molar-refractivity contribution in [3.63, 3.8) is 0 Å². The van der Waals surface area contributed by atoms with E-state index in [2.05, 4.69) is 41.6 Å². The molecular formula is C28H32BrFO. The lowest BCUT2D eigenvalue weighted by Gasteiger charge is -2.37. The van der Waals surface area contributed by atoms with Gasteiger partial charge in [-0.1, -0.05) is 84.6 Å². The summed E-state index contributed by atoms with van der Waals surface area (Å²) < 4.78 is 16.2. The lowest BCUT2D eigenvalue weighted by atomic mass is 9.66. The lowest BCUT2D eigenvalue weighted by Crippen LogP contribution is -2.29. The number of rotatable bonds is 8. The van der Waals surface area contributed by atoms with E-state index in [-0.39, 0.29) is 17.8 Å². The van der Waals surface area contributed by atoms with Gasteiger partial charge in [0.05, 0.1) is 6.10 Å². The molecule has 2 unspecified atom stereocenters. The first-order chi connectivity index (χ1) is 15.0. The number of unbranched alkanes of at least 4 members (excludes halogenated alkanes) is 3. The maximum atomic E-state index is 15.3. The molecule has 2 aromatic rings. The topological polar surface area (TPSA) is 20.2 Å². The fourth-order valence-corrected chi connectivity index (χ4v) is 6.29. The van der Waals surface area contributed by atoms with Crippen molar-refractivity contribution in [2.45, 2.75) is 64.4 Å². The quantitative estimate of drug-likeness (QED) is 0.376. The van der Waals surface area contributed by atoms with E-state index in [0.29, 0.717) is 5.56 Å². The molecule has 3 atom stereocenters. The van der Waals surface area contributed by atoms with Gasteiger partial charge in [0, 0.05) is 21.4 Å². The summed E-state index contributed by atoms with van der Waals surface area (Å²) in [4.78, 5) is 0. The Morgan fingerprint density at radius 3 is 2.68 bits per heavy atom. The van der Waals surface area contributed by atoms with Gasteiger partial charge in [0.2, 0.25) is 0 Å². The van der Waals surface area contributed by atoms with Crippen LogP contribution >= 0.6 is 15.9 Å². The number of halogens is 2. The van der Waals surface area contributed by atoms with E-state index in [4.69, 9.17) is 0 Å². The molecule has 0 aliphatic heterocycles. The molecule has 0 heterocycles. The lowest BCUT2D eigenvalue weighted by molar-refractivity contribution is 0.119. The van der Waals surface area contributed by atoms with Gasteiger partial charge in [0.15, 0.2) is 0 Å². The maximum absolute atomic E-state index is 15.3. The Balaban J connectivity index is 1.86. The van der Waals surface area contributed by atoms with Gasteiger partial charge in [-0.3, -0.25) is 0 Å². The molecule has 0 bridgehead atoms. The molecule has 0 aromatic heterocycles. The fourth-order valence-electron chi connectivity index (χ4n) is 5.93. The largest absolute Gasteiger partial charge is 0.393 e. The van der Waals surface area contributed by atoms with Crippen LogP contribution < -0.4 is 0 Å². The highest BCUT2D eigenvalue weighted by Crippen LogP contribution is 2.66. The normalized spacial score (nSPS) is 25.2. The van der Waals surface area contributed by atoms with Crippen LogP contribution in [0, 0.1) is 17.2 Å². The third-order valence-corrected chi connectivity index (χ3v) is 7.88. The maximum Gasteiger partial charge on any atom is 0.130 e. The summed E-state index contributed by atoms with van der Waals surface area (Å²) in [6, 6.07) is 15.5. The Morgan fingerprint density at radius 2 is 1.94 bits per heavy atom. The molecule has 31 heavy (non-hydrogen) atoms. The van der Waals surface area contributed by atoms with Gasteiger partial charge < -0.3 is 5.11 Å². The zero-order valence-corrected chi connectivity index (χ0v) is 19.9. The van der Waals surface area contributed by atoms with Crippen LogP contribution in [0.15, 0.2) is 65.2 Å². The molecule has 0 spiro atoms. The molecule has 3 heteroatoms. The van der Waals surface area contributed by atoms with Crippen LogP contribution in [0.3, 0.4) is 0 Å². The number of aliphatic hydroxyl groups is 1. The van der Waals surface area contributed by atoms with Gasteiger partial charge in [0.1, 0.15) is 5.82 Å². The van der Waals surface area contributed by atoms with Gasteiger partial charge in [-0.25, -0.2) is 4.39 Å². The number of benzene rings is 2. The van der Waals surface area contributed by atoms with Crippen molar-refractivity contribution in [2.24, 2.45) is 11.3 Å². The van der Waals surface area contributed by atoms with E-state index in [1.54, 1.807) is 12.1 Å². The third-order valence-electron chi connectivity index (χ3n) is 7.39. The molecule has 0 saturated heterocycles. The van der Waals surface area contributed by atoms with Crippen molar-refractivity contribution in [1.82, 2.24) is 0 Å². The SMILES string of the molecule is C=C(c1ccccc1)C12CC[C@@H](O)C1CC(CCCCCC)=C2c1cc(Br)ccc1F. The molecule has 0 amide bonds. The second kappa shape index (κ2) is 9.42. The molecule has 1 saturated carbocycles. The molecule has 1 nitrogen and oxygen atoms in total. The first-order valence-electron chi connectivity index (χ1n) is 11.6. The van der Waals surface area contributed by atoms with Gasteiger partial charge >= 0.3 is 0 Å². The molecule has 2 aliphatic rings. The van der Waals surface area contributed by atoms with Crippen molar-refractivity contribution in [2.75, 3.05) is 0 Å². The predicted octanol–water partition coefficient (Wildman–Crippen LogP) is 8.19. The van der Waals surface area contributed by atoms with Crippen molar-refractivity contribution < 1.29 is 9.50 Å². The van der Waals surface area contributed by atoms with Crippen LogP contribution in [-0.4, -0.2) is 11.2 Å². The smallest absolute Gasteiger partial charge is 0.130 e. The number of hydrogen-bond donors (Lipinski definition) is 1. The minimum absolute atomic E-state index is 0.0646. The highest BCUT2D eigenvalue weighted by atomic mass is 79.9. The van der Waals surface area contributed by atoms with Crippen LogP contribution in [0.2, 0.25) is 0 Å². The monoisotopic (exact) mass is 482 g/mol. The Bertz CT molecular complexity index is 980. The minimum Gasteiger partial charge on any atom is -0.393 e. The van der Waals surface area contributed by atoms with Crippen molar-refractivity contribution >= 4 is 27.1 Å². The summed E-state index contributed by atoms with van der Waals surface area (Å²) >= 11 is 3.56. The molecular weight excluding hydrogens is 451 g/mol. The van der Waals surface area contributed by atoms with Crippen molar-refractivity contribution in [3.05, 3.63) is 82.1 Å². The predicted molar refractivity (Wildman–Crippen MR) is 131 cm³/mol. The molecule has 2 aliphatic carbocycles. The molecule has 1 N–H and O–H groups in total. The average Bonchev–Trinajstić information content (AvgIpc) is 3.28. The van der Waals surface area contributed by atoms with Crippen molar-refractivity contribution in [1.29, 1.82) is 0 Å². The zero-order valence-electron chi connectivity index (χ0n) is 18.3. The number of hydrogen-bond acceptors (Lipinski definition) is 1. The first kappa shape index (κ1) is 22.5. The van der Waals surface area contributed by atoms with Crippen LogP contribution in [0.25, 0.3) is 11.1 Å². The highest BCUT2D eigenvalue weighted by molar-refractivity contribution is 9.10. The zero-order chi connectivity index (χ0) is 22.0. The Hall–Kier alpha value is -1.71. The second-order valence-electron chi connectivity index (χ2n) is 9.15. The van der Waals surface area contributed by atoms with Gasteiger partial charge in [-0.2, -0.15) is 0 Å². The summed E-state index contributed by atoms with van der Waals surface area (Å²) in [7, 11) is 0. The molecule has 4 rings (SSSR count). The van der Waals surface area contributed by atoms with E-state index in [9.17, 15) is 5.11 Å². The van der Waals surface area contributed by atoms with E-state index in [1.807, 2.05) is 24.3 Å². The van der Waals surface area contributed by atoms with E-state index < -0.39 is 5.41 Å². The Morgan fingerprint density at radius 1 is 1.16 bits per heavy atom. The molecule has 2 aromatic carbocycles. The standard InChI is InChI=1S/C28H32BrFO/c1-3-4-5-7-12-21-17-24-26(31)15-16-28(24,19(2)20-10-8-6-9-11-20)27(21)23-18-22(29)13-14-25(23)30/h6,8-11,13-14,18,24,26,31H,2-5,7,12,15-17H2,1H3/t24?,26-,28?/m1/s1. The Labute approximate surface area is 194 Å². The molecule has 1 fully saturated rings. The third kappa shape index (κ3) is 4.07.